The summed E-state index contributed by atoms with van der Waals surface area (Å²) in [6, 6.07) is 6.24. The van der Waals surface area contributed by atoms with Gasteiger partial charge in [-0.3, -0.25) is 4.79 Å². The molecule has 104 valence electrons. The summed E-state index contributed by atoms with van der Waals surface area (Å²) in [5, 5.41) is 11.2. The lowest BCUT2D eigenvalue weighted by Crippen LogP contribution is -2.34. The second kappa shape index (κ2) is 6.75. The van der Waals surface area contributed by atoms with Crippen LogP contribution in [0.5, 0.6) is 5.75 Å². The molecule has 0 saturated carbocycles. The van der Waals surface area contributed by atoms with Gasteiger partial charge in [-0.05, 0) is 31.2 Å². The van der Waals surface area contributed by atoms with Crippen LogP contribution in [0.1, 0.15) is 13.8 Å². The van der Waals surface area contributed by atoms with Crippen molar-refractivity contribution in [1.29, 1.82) is 0 Å². The van der Waals surface area contributed by atoms with Crippen molar-refractivity contribution in [3.8, 4) is 5.75 Å². The van der Waals surface area contributed by atoms with Crippen molar-refractivity contribution in [1.82, 2.24) is 0 Å². The van der Waals surface area contributed by atoms with E-state index >= 15 is 0 Å². The standard InChI is InChI=1S/C13H18N2O4/c1-8(9(2)14)13(18)15-10-3-5-11(6-4-10)19-7-12(16)17/h3-6,8-9H,7,14H2,1-2H3,(H,15,18)(H,16,17). The molecule has 4 N–H and O–H groups in total. The molecule has 6 heteroatoms. The first-order valence-electron chi connectivity index (χ1n) is 5.91. The fourth-order valence-corrected chi connectivity index (χ4v) is 1.27. The van der Waals surface area contributed by atoms with Crippen molar-refractivity contribution in [2.75, 3.05) is 11.9 Å². The second-order valence-corrected chi connectivity index (χ2v) is 4.34. The van der Waals surface area contributed by atoms with Gasteiger partial charge in [0.25, 0.3) is 0 Å². The van der Waals surface area contributed by atoms with Crippen LogP contribution in [-0.4, -0.2) is 29.6 Å². The SMILES string of the molecule is CC(N)C(C)C(=O)Nc1ccc(OCC(=O)O)cc1. The van der Waals surface area contributed by atoms with Crippen LogP contribution in [0.3, 0.4) is 0 Å². The Labute approximate surface area is 111 Å². The van der Waals surface area contributed by atoms with Gasteiger partial charge in [0, 0.05) is 11.7 Å². The van der Waals surface area contributed by atoms with E-state index in [4.69, 9.17) is 15.6 Å². The first-order chi connectivity index (χ1) is 8.90. The van der Waals surface area contributed by atoms with Gasteiger partial charge >= 0.3 is 5.97 Å². The molecule has 6 nitrogen and oxygen atoms in total. The molecule has 0 aliphatic rings. The number of aliphatic carboxylic acids is 1. The van der Waals surface area contributed by atoms with Crippen molar-refractivity contribution >= 4 is 17.6 Å². The zero-order chi connectivity index (χ0) is 14.4. The first-order valence-corrected chi connectivity index (χ1v) is 5.91. The van der Waals surface area contributed by atoms with Crippen LogP contribution in [0.4, 0.5) is 5.69 Å². The number of hydrogen-bond acceptors (Lipinski definition) is 4. The number of anilines is 1. The third-order valence-corrected chi connectivity index (χ3v) is 2.69. The fourth-order valence-electron chi connectivity index (χ4n) is 1.27. The molecule has 1 rings (SSSR count). The summed E-state index contributed by atoms with van der Waals surface area (Å²) in [4.78, 5) is 22.1. The largest absolute Gasteiger partial charge is 0.482 e. The van der Waals surface area contributed by atoms with Crippen molar-refractivity contribution in [2.45, 2.75) is 19.9 Å². The highest BCUT2D eigenvalue weighted by atomic mass is 16.5. The lowest BCUT2D eigenvalue weighted by Gasteiger charge is -2.15. The number of ether oxygens (including phenoxy) is 1. The molecule has 0 radical (unpaired) electrons. The third-order valence-electron chi connectivity index (χ3n) is 2.69. The summed E-state index contributed by atoms with van der Waals surface area (Å²) >= 11 is 0. The van der Waals surface area contributed by atoms with Gasteiger partial charge in [0.05, 0.1) is 5.92 Å². The molecule has 0 saturated heterocycles. The fraction of sp³-hybridized carbons (Fsp3) is 0.385. The maximum Gasteiger partial charge on any atom is 0.341 e. The minimum absolute atomic E-state index is 0.158. The molecule has 1 aromatic rings. The van der Waals surface area contributed by atoms with Crippen molar-refractivity contribution in [2.24, 2.45) is 11.7 Å². The molecule has 2 atom stereocenters. The maximum absolute atomic E-state index is 11.8. The molecule has 2 unspecified atom stereocenters. The van der Waals surface area contributed by atoms with E-state index in [1.807, 2.05) is 0 Å². The highest BCUT2D eigenvalue weighted by molar-refractivity contribution is 5.92. The lowest BCUT2D eigenvalue weighted by atomic mass is 10.0. The van der Waals surface area contributed by atoms with Crippen molar-refractivity contribution in [3.05, 3.63) is 24.3 Å². The zero-order valence-corrected chi connectivity index (χ0v) is 10.9. The van der Waals surface area contributed by atoms with Crippen LogP contribution in [0.2, 0.25) is 0 Å². The van der Waals surface area contributed by atoms with Gasteiger partial charge in [-0.15, -0.1) is 0 Å². The summed E-state index contributed by atoms with van der Waals surface area (Å²) in [6.45, 7) is 3.13. The van der Waals surface area contributed by atoms with E-state index in [0.29, 0.717) is 11.4 Å². The number of benzene rings is 1. The maximum atomic E-state index is 11.8. The number of rotatable bonds is 6. The molecule has 0 aromatic heterocycles. The molecule has 1 amide bonds. The molecule has 0 heterocycles. The number of carbonyl (C=O) groups excluding carboxylic acids is 1. The predicted molar refractivity (Wildman–Crippen MR) is 71.0 cm³/mol. The Morgan fingerprint density at radius 3 is 2.37 bits per heavy atom. The van der Waals surface area contributed by atoms with Gasteiger partial charge in [-0.2, -0.15) is 0 Å². The molecule has 0 spiro atoms. The quantitative estimate of drug-likeness (QED) is 0.715. The Hall–Kier alpha value is -2.08. The third kappa shape index (κ3) is 4.97. The van der Waals surface area contributed by atoms with Gasteiger partial charge in [-0.25, -0.2) is 4.79 Å². The average molecular weight is 266 g/mol. The van der Waals surface area contributed by atoms with E-state index in [1.54, 1.807) is 38.1 Å². The van der Waals surface area contributed by atoms with E-state index in [2.05, 4.69) is 5.32 Å². The molecule has 0 aliphatic carbocycles. The number of carboxylic acid groups (broad SMARTS) is 1. The van der Waals surface area contributed by atoms with Crippen LogP contribution in [0, 0.1) is 5.92 Å². The van der Waals surface area contributed by atoms with E-state index in [1.165, 1.54) is 0 Å². The van der Waals surface area contributed by atoms with Crippen LogP contribution < -0.4 is 15.8 Å². The van der Waals surface area contributed by atoms with Gasteiger partial charge in [0.2, 0.25) is 5.91 Å². The molecule has 0 aliphatic heterocycles. The van der Waals surface area contributed by atoms with Crippen molar-refractivity contribution in [3.63, 3.8) is 0 Å². The number of carbonyl (C=O) groups is 2. The number of amides is 1. The second-order valence-electron chi connectivity index (χ2n) is 4.34. The van der Waals surface area contributed by atoms with E-state index in [9.17, 15) is 9.59 Å². The highest BCUT2D eigenvalue weighted by Gasteiger charge is 2.16. The Morgan fingerprint density at radius 1 is 1.32 bits per heavy atom. The Bertz CT molecular complexity index is 442. The van der Waals surface area contributed by atoms with Gasteiger partial charge < -0.3 is 20.9 Å². The van der Waals surface area contributed by atoms with Crippen LogP contribution in [0.25, 0.3) is 0 Å². The number of hydrogen-bond donors (Lipinski definition) is 3. The van der Waals surface area contributed by atoms with E-state index in [-0.39, 0.29) is 17.9 Å². The zero-order valence-electron chi connectivity index (χ0n) is 10.9. The topological polar surface area (TPSA) is 102 Å². The lowest BCUT2D eigenvalue weighted by molar-refractivity contribution is -0.139. The monoisotopic (exact) mass is 266 g/mol. The summed E-state index contributed by atoms with van der Waals surface area (Å²) in [5.41, 5.74) is 6.26. The molecular weight excluding hydrogens is 248 g/mol. The normalized spacial score (nSPS) is 13.4. The number of nitrogens with one attached hydrogen (secondary N) is 1. The van der Waals surface area contributed by atoms with Crippen LogP contribution in [-0.2, 0) is 9.59 Å². The minimum Gasteiger partial charge on any atom is -0.482 e. The molecule has 1 aromatic carbocycles. The number of carboxylic acids is 1. The average Bonchev–Trinajstić information content (AvgIpc) is 2.36. The molecule has 19 heavy (non-hydrogen) atoms. The Balaban J connectivity index is 2.57. The molecular formula is C13H18N2O4. The van der Waals surface area contributed by atoms with Gasteiger partial charge in [0.15, 0.2) is 6.61 Å². The summed E-state index contributed by atoms with van der Waals surface area (Å²) < 4.78 is 4.98. The van der Waals surface area contributed by atoms with Crippen LogP contribution >= 0.6 is 0 Å². The van der Waals surface area contributed by atoms with Crippen molar-refractivity contribution < 1.29 is 19.4 Å². The predicted octanol–water partition coefficient (Wildman–Crippen LogP) is 1.07. The first kappa shape index (κ1) is 15.0. The molecule has 0 fully saturated rings. The summed E-state index contributed by atoms with van der Waals surface area (Å²) in [7, 11) is 0. The highest BCUT2D eigenvalue weighted by Crippen LogP contribution is 2.16. The molecule has 0 bridgehead atoms. The van der Waals surface area contributed by atoms with E-state index in [0.717, 1.165) is 0 Å². The minimum atomic E-state index is -1.04. The van der Waals surface area contributed by atoms with Gasteiger partial charge in [-0.1, -0.05) is 6.92 Å². The summed E-state index contributed by atoms with van der Waals surface area (Å²) in [5.74, 6) is -1.05. The summed E-state index contributed by atoms with van der Waals surface area (Å²) in [6.07, 6.45) is 0. The number of nitrogens with two attached hydrogens (primary N) is 1. The Morgan fingerprint density at radius 2 is 1.89 bits per heavy atom. The van der Waals surface area contributed by atoms with E-state index < -0.39 is 12.6 Å². The Kier molecular flexibility index (Phi) is 5.32. The van der Waals surface area contributed by atoms with Gasteiger partial charge in [0.1, 0.15) is 5.75 Å². The smallest absolute Gasteiger partial charge is 0.341 e. The van der Waals surface area contributed by atoms with Crippen LogP contribution in [0.15, 0.2) is 24.3 Å².